The first-order chi connectivity index (χ1) is 11.3. The molecule has 1 aliphatic heterocycles. The summed E-state index contributed by atoms with van der Waals surface area (Å²) >= 11 is 0. The summed E-state index contributed by atoms with van der Waals surface area (Å²) in [5.74, 6) is -0.738. The average molecular weight is 340 g/mol. The molecule has 0 aliphatic carbocycles. The number of amides is 1. The van der Waals surface area contributed by atoms with E-state index in [1.54, 1.807) is 0 Å². The van der Waals surface area contributed by atoms with Crippen LogP contribution < -0.4 is 5.32 Å². The Labute approximate surface area is 136 Å². The van der Waals surface area contributed by atoms with Crippen LogP contribution in [0.2, 0.25) is 0 Å². The van der Waals surface area contributed by atoms with Gasteiger partial charge in [0.25, 0.3) is 5.91 Å². The third-order valence-electron chi connectivity index (χ3n) is 3.49. The molecule has 2 rings (SSSR count). The summed E-state index contributed by atoms with van der Waals surface area (Å²) < 4.78 is 42.0. The van der Waals surface area contributed by atoms with Gasteiger partial charge in [-0.2, -0.15) is 13.2 Å². The second kappa shape index (κ2) is 7.36. The van der Waals surface area contributed by atoms with Crippen LogP contribution in [0.25, 0.3) is 0 Å². The molecule has 5 nitrogen and oxygen atoms in total. The molecule has 1 aromatic carbocycles. The fourth-order valence-corrected chi connectivity index (χ4v) is 2.24. The van der Waals surface area contributed by atoms with E-state index in [1.807, 2.05) is 0 Å². The van der Waals surface area contributed by atoms with Crippen LogP contribution in [0.4, 0.5) is 13.2 Å². The molecule has 1 atom stereocenters. The van der Waals surface area contributed by atoms with Crippen molar-refractivity contribution in [2.45, 2.75) is 12.3 Å². The summed E-state index contributed by atoms with van der Waals surface area (Å²) in [7, 11) is 0. The molecule has 1 saturated heterocycles. The Hall–Kier alpha value is -2.53. The highest BCUT2D eigenvalue weighted by Gasteiger charge is 2.44. The molecule has 1 heterocycles. The predicted octanol–water partition coefficient (Wildman–Crippen LogP) is 1.25. The van der Waals surface area contributed by atoms with Crippen molar-refractivity contribution in [2.75, 3.05) is 26.2 Å². The van der Waals surface area contributed by atoms with Gasteiger partial charge >= 0.3 is 12.1 Å². The fourth-order valence-electron chi connectivity index (χ4n) is 2.24. The Kier molecular flexibility index (Phi) is 5.46. The number of hydrogen-bond donors (Lipinski definition) is 1. The van der Waals surface area contributed by atoms with Gasteiger partial charge < -0.3 is 15.0 Å². The van der Waals surface area contributed by atoms with Crippen molar-refractivity contribution in [3.05, 3.63) is 35.4 Å². The lowest BCUT2D eigenvalue weighted by atomic mass is 10.1. The highest BCUT2D eigenvalue weighted by Crippen LogP contribution is 2.26. The molecule has 1 fully saturated rings. The molecule has 0 saturated carbocycles. The van der Waals surface area contributed by atoms with Crippen LogP contribution in [0.3, 0.4) is 0 Å². The van der Waals surface area contributed by atoms with Gasteiger partial charge in [0, 0.05) is 37.3 Å². The average Bonchev–Trinajstić information content (AvgIpc) is 2.59. The minimum Gasteiger partial charge on any atom is -0.441 e. The summed E-state index contributed by atoms with van der Waals surface area (Å²) in [4.78, 5) is 25.1. The molecule has 1 N–H and O–H groups in total. The fraction of sp³-hybridized carbons (Fsp3) is 0.375. The second-order valence-electron chi connectivity index (χ2n) is 5.12. The van der Waals surface area contributed by atoms with Gasteiger partial charge in [-0.15, -0.1) is 6.42 Å². The molecule has 128 valence electrons. The van der Waals surface area contributed by atoms with E-state index in [0.717, 1.165) is 0 Å². The van der Waals surface area contributed by atoms with Crippen molar-refractivity contribution < 1.29 is 27.5 Å². The Morgan fingerprint density at radius 2 is 1.79 bits per heavy atom. The quantitative estimate of drug-likeness (QED) is 0.665. The maximum atomic E-state index is 12.5. The minimum atomic E-state index is -5.18. The predicted molar refractivity (Wildman–Crippen MR) is 78.7 cm³/mol. The molecular weight excluding hydrogens is 325 g/mol. The van der Waals surface area contributed by atoms with E-state index < -0.39 is 24.2 Å². The molecule has 24 heavy (non-hydrogen) atoms. The summed E-state index contributed by atoms with van der Waals surface area (Å²) in [5, 5.41) is 3.02. The number of benzene rings is 1. The Bertz CT molecular complexity index is 644. The molecule has 1 aliphatic rings. The van der Waals surface area contributed by atoms with Crippen molar-refractivity contribution in [3.63, 3.8) is 0 Å². The van der Waals surface area contributed by atoms with Gasteiger partial charge in [0.15, 0.2) is 0 Å². The zero-order chi connectivity index (χ0) is 17.7. The SMILES string of the molecule is C#Cc1ccc(C(OC(=O)C(F)(F)F)C(=O)N2CCNCC2)cc1. The van der Waals surface area contributed by atoms with Gasteiger partial charge in [-0.1, -0.05) is 18.1 Å². The summed E-state index contributed by atoms with van der Waals surface area (Å²) in [6, 6.07) is 5.69. The number of terminal acetylenes is 1. The van der Waals surface area contributed by atoms with Crippen molar-refractivity contribution in [3.8, 4) is 12.3 Å². The lowest BCUT2D eigenvalue weighted by Gasteiger charge is -2.30. The second-order valence-corrected chi connectivity index (χ2v) is 5.12. The molecule has 0 radical (unpaired) electrons. The van der Waals surface area contributed by atoms with Crippen LogP contribution in [-0.4, -0.2) is 49.1 Å². The van der Waals surface area contributed by atoms with E-state index in [9.17, 15) is 22.8 Å². The Morgan fingerprint density at radius 3 is 2.29 bits per heavy atom. The lowest BCUT2D eigenvalue weighted by Crippen LogP contribution is -2.49. The van der Waals surface area contributed by atoms with Gasteiger partial charge in [-0.25, -0.2) is 4.79 Å². The normalized spacial score (nSPS) is 16.2. The van der Waals surface area contributed by atoms with Gasteiger partial charge in [0.2, 0.25) is 6.10 Å². The van der Waals surface area contributed by atoms with E-state index in [0.29, 0.717) is 31.7 Å². The van der Waals surface area contributed by atoms with Crippen LogP contribution >= 0.6 is 0 Å². The molecule has 8 heteroatoms. The number of hydrogen-bond acceptors (Lipinski definition) is 4. The largest absolute Gasteiger partial charge is 0.490 e. The number of ether oxygens (including phenoxy) is 1. The zero-order valence-electron chi connectivity index (χ0n) is 12.6. The molecule has 1 aromatic rings. The van der Waals surface area contributed by atoms with Crippen molar-refractivity contribution >= 4 is 11.9 Å². The third kappa shape index (κ3) is 4.26. The van der Waals surface area contributed by atoms with Gasteiger partial charge in [0.05, 0.1) is 0 Å². The van der Waals surface area contributed by atoms with E-state index in [1.165, 1.54) is 29.2 Å². The Balaban J connectivity index is 2.27. The first-order valence-corrected chi connectivity index (χ1v) is 7.17. The molecule has 1 amide bonds. The van der Waals surface area contributed by atoms with Crippen LogP contribution in [0.5, 0.6) is 0 Å². The molecule has 0 spiro atoms. The minimum absolute atomic E-state index is 0.134. The number of carbonyl (C=O) groups is 2. The van der Waals surface area contributed by atoms with Crippen LogP contribution in [0.15, 0.2) is 24.3 Å². The number of carbonyl (C=O) groups excluding carboxylic acids is 2. The summed E-state index contributed by atoms with van der Waals surface area (Å²) in [6.45, 7) is 1.67. The maximum Gasteiger partial charge on any atom is 0.490 e. The molecule has 0 aromatic heterocycles. The van der Waals surface area contributed by atoms with Gasteiger partial charge in [-0.3, -0.25) is 4.79 Å². The summed E-state index contributed by atoms with van der Waals surface area (Å²) in [6.07, 6.45) is -1.62. The first kappa shape index (κ1) is 17.8. The lowest BCUT2D eigenvalue weighted by molar-refractivity contribution is -0.207. The number of nitrogens with zero attached hydrogens (tertiary/aromatic N) is 1. The summed E-state index contributed by atoms with van der Waals surface area (Å²) in [5.41, 5.74) is 0.629. The molecular formula is C16H15F3N2O3. The number of rotatable bonds is 3. The van der Waals surface area contributed by atoms with Crippen LogP contribution in [0.1, 0.15) is 17.2 Å². The number of piperazine rings is 1. The van der Waals surface area contributed by atoms with Crippen LogP contribution in [0, 0.1) is 12.3 Å². The number of halogens is 3. The number of esters is 1. The number of nitrogens with one attached hydrogen (secondary N) is 1. The molecule has 0 bridgehead atoms. The van der Waals surface area contributed by atoms with Gasteiger partial charge in [-0.05, 0) is 12.1 Å². The van der Waals surface area contributed by atoms with Crippen molar-refractivity contribution in [2.24, 2.45) is 0 Å². The standard InChI is InChI=1S/C16H15F3N2O3/c1-2-11-3-5-12(6-4-11)13(24-15(23)16(17,18)19)14(22)21-9-7-20-8-10-21/h1,3-6,13,20H,7-10H2. The number of alkyl halides is 3. The Morgan fingerprint density at radius 1 is 1.21 bits per heavy atom. The molecule has 1 unspecified atom stereocenters. The monoisotopic (exact) mass is 340 g/mol. The van der Waals surface area contributed by atoms with Crippen LogP contribution in [-0.2, 0) is 14.3 Å². The smallest absolute Gasteiger partial charge is 0.441 e. The van der Waals surface area contributed by atoms with E-state index in [2.05, 4.69) is 16.0 Å². The zero-order valence-corrected chi connectivity index (χ0v) is 12.6. The highest BCUT2D eigenvalue weighted by molar-refractivity contribution is 5.86. The van der Waals surface area contributed by atoms with Crippen molar-refractivity contribution in [1.29, 1.82) is 0 Å². The highest BCUT2D eigenvalue weighted by atomic mass is 19.4. The first-order valence-electron chi connectivity index (χ1n) is 7.17. The third-order valence-corrected chi connectivity index (χ3v) is 3.49. The maximum absolute atomic E-state index is 12.5. The van der Waals surface area contributed by atoms with Gasteiger partial charge in [0.1, 0.15) is 0 Å². The topological polar surface area (TPSA) is 58.6 Å². The van der Waals surface area contributed by atoms with E-state index >= 15 is 0 Å². The van der Waals surface area contributed by atoms with E-state index in [4.69, 9.17) is 6.42 Å². The van der Waals surface area contributed by atoms with Crippen molar-refractivity contribution in [1.82, 2.24) is 10.2 Å². The van der Waals surface area contributed by atoms with E-state index in [-0.39, 0.29) is 5.56 Å².